The van der Waals surface area contributed by atoms with E-state index in [-0.39, 0.29) is 18.2 Å². The lowest BCUT2D eigenvalue weighted by molar-refractivity contribution is -0.158. The highest BCUT2D eigenvalue weighted by molar-refractivity contribution is 5.83. The average Bonchev–Trinajstić information content (AvgIpc) is 2.98. The van der Waals surface area contributed by atoms with Crippen molar-refractivity contribution < 1.29 is 29.0 Å². The van der Waals surface area contributed by atoms with Crippen LogP contribution in [-0.2, 0) is 23.9 Å². The highest BCUT2D eigenvalue weighted by atomic mass is 16.6. The molecular formula is C38H68O6. The molecule has 0 amide bonds. The van der Waals surface area contributed by atoms with Crippen LogP contribution in [0.1, 0.15) is 188 Å². The average molecular weight is 621 g/mol. The zero-order chi connectivity index (χ0) is 32.5. The van der Waals surface area contributed by atoms with Crippen molar-refractivity contribution in [2.75, 3.05) is 0 Å². The largest absolute Gasteiger partial charge is 0.462 e. The van der Waals surface area contributed by atoms with Gasteiger partial charge >= 0.3 is 17.9 Å². The Kier molecular flexibility index (Phi) is 31.0. The second kappa shape index (κ2) is 32.4. The number of esters is 3. The van der Waals surface area contributed by atoms with Crippen molar-refractivity contribution in [3.63, 3.8) is 0 Å². The number of carbonyl (C=O) groups is 3. The molecule has 0 aromatic rings. The summed E-state index contributed by atoms with van der Waals surface area (Å²) in [5.41, 5.74) is 0. The van der Waals surface area contributed by atoms with Crippen LogP contribution in [0.3, 0.4) is 0 Å². The highest BCUT2D eigenvalue weighted by Crippen LogP contribution is 2.16. The van der Waals surface area contributed by atoms with Gasteiger partial charge in [0.2, 0.25) is 0 Å². The summed E-state index contributed by atoms with van der Waals surface area (Å²) in [5, 5.41) is 10.0. The zero-order valence-corrected chi connectivity index (χ0v) is 28.8. The van der Waals surface area contributed by atoms with Crippen molar-refractivity contribution in [1.29, 1.82) is 0 Å². The number of unbranched alkanes of at least 4 members (excludes halogenated alkanes) is 16. The predicted molar refractivity (Wildman–Crippen MR) is 182 cm³/mol. The van der Waals surface area contributed by atoms with Gasteiger partial charge in [-0.1, -0.05) is 122 Å². The molecule has 44 heavy (non-hydrogen) atoms. The summed E-state index contributed by atoms with van der Waals surface area (Å²) < 4.78 is 10.4. The van der Waals surface area contributed by atoms with Gasteiger partial charge in [0, 0.05) is 26.2 Å². The van der Waals surface area contributed by atoms with Crippen LogP contribution in [0.4, 0.5) is 0 Å². The summed E-state index contributed by atoms with van der Waals surface area (Å²) in [6.45, 7) is 5.67. The molecular weight excluding hydrogens is 552 g/mol. The van der Waals surface area contributed by atoms with E-state index in [4.69, 9.17) is 4.74 Å². The van der Waals surface area contributed by atoms with Crippen molar-refractivity contribution >= 4 is 17.9 Å². The maximum absolute atomic E-state index is 12.5. The van der Waals surface area contributed by atoms with Gasteiger partial charge in [-0.3, -0.25) is 14.4 Å². The number of rotatable bonds is 31. The predicted octanol–water partition coefficient (Wildman–Crippen LogP) is 10.6. The first-order chi connectivity index (χ1) is 21.4. The Morgan fingerprint density at radius 2 is 1.05 bits per heavy atom. The first kappa shape index (κ1) is 42.0. The molecule has 0 saturated carbocycles. The van der Waals surface area contributed by atoms with Gasteiger partial charge < -0.3 is 14.6 Å². The SMILES string of the molecule is CCCCCC[C@@H](O)C/C=C\CCCCCCCC(=O)O[C@@H](C/C=C\CCCCCCCC(=O)OC(C)=O)CCCCCC. The van der Waals surface area contributed by atoms with Crippen molar-refractivity contribution in [2.24, 2.45) is 0 Å². The summed E-state index contributed by atoms with van der Waals surface area (Å²) in [4.78, 5) is 34.7. The maximum Gasteiger partial charge on any atom is 0.313 e. The molecule has 0 bridgehead atoms. The van der Waals surface area contributed by atoms with E-state index in [1.165, 1.54) is 58.3 Å². The van der Waals surface area contributed by atoms with E-state index in [2.05, 4.69) is 42.9 Å². The summed E-state index contributed by atoms with van der Waals surface area (Å²) in [7, 11) is 0. The molecule has 0 fully saturated rings. The van der Waals surface area contributed by atoms with Gasteiger partial charge in [0.1, 0.15) is 6.10 Å². The molecule has 0 spiro atoms. The number of aliphatic hydroxyl groups is 1. The molecule has 0 radical (unpaired) electrons. The second-order valence-electron chi connectivity index (χ2n) is 12.5. The quantitative estimate of drug-likeness (QED) is 0.0359. The van der Waals surface area contributed by atoms with E-state index in [9.17, 15) is 19.5 Å². The summed E-state index contributed by atoms with van der Waals surface area (Å²) in [5.74, 6) is -1.02. The van der Waals surface area contributed by atoms with Gasteiger partial charge in [-0.2, -0.15) is 0 Å². The molecule has 0 saturated heterocycles. The summed E-state index contributed by atoms with van der Waals surface area (Å²) in [6, 6.07) is 0. The van der Waals surface area contributed by atoms with E-state index in [0.29, 0.717) is 12.8 Å². The molecule has 6 heteroatoms. The highest BCUT2D eigenvalue weighted by Gasteiger charge is 2.13. The Morgan fingerprint density at radius 1 is 0.568 bits per heavy atom. The minimum absolute atomic E-state index is 0.0213. The third-order valence-electron chi connectivity index (χ3n) is 7.97. The lowest BCUT2D eigenvalue weighted by Gasteiger charge is -2.16. The van der Waals surface area contributed by atoms with Crippen molar-refractivity contribution in [2.45, 2.75) is 200 Å². The van der Waals surface area contributed by atoms with Crippen LogP contribution in [0.2, 0.25) is 0 Å². The first-order valence-corrected chi connectivity index (χ1v) is 18.3. The van der Waals surface area contributed by atoms with Gasteiger partial charge in [-0.05, 0) is 64.2 Å². The second-order valence-corrected chi connectivity index (χ2v) is 12.5. The van der Waals surface area contributed by atoms with Gasteiger partial charge in [-0.15, -0.1) is 0 Å². The minimum atomic E-state index is -0.539. The van der Waals surface area contributed by atoms with Crippen LogP contribution in [0, 0.1) is 0 Å². The number of hydrogen-bond donors (Lipinski definition) is 1. The van der Waals surface area contributed by atoms with Crippen LogP contribution >= 0.6 is 0 Å². The topological polar surface area (TPSA) is 89.9 Å². The molecule has 0 aliphatic heterocycles. The van der Waals surface area contributed by atoms with Crippen LogP contribution in [0.15, 0.2) is 24.3 Å². The molecule has 0 aliphatic rings. The molecule has 0 unspecified atom stereocenters. The molecule has 256 valence electrons. The smallest absolute Gasteiger partial charge is 0.313 e. The van der Waals surface area contributed by atoms with Crippen molar-refractivity contribution in [1.82, 2.24) is 0 Å². The third kappa shape index (κ3) is 31.5. The van der Waals surface area contributed by atoms with Crippen LogP contribution in [0.5, 0.6) is 0 Å². The number of hydrogen-bond acceptors (Lipinski definition) is 6. The van der Waals surface area contributed by atoms with Crippen molar-refractivity contribution in [3.05, 3.63) is 24.3 Å². The van der Waals surface area contributed by atoms with Gasteiger partial charge in [0.05, 0.1) is 6.10 Å². The molecule has 0 heterocycles. The van der Waals surface area contributed by atoms with Crippen LogP contribution < -0.4 is 0 Å². The molecule has 0 aromatic carbocycles. The van der Waals surface area contributed by atoms with E-state index >= 15 is 0 Å². The molecule has 0 aromatic heterocycles. The lowest BCUT2D eigenvalue weighted by atomic mass is 10.1. The minimum Gasteiger partial charge on any atom is -0.462 e. The molecule has 0 rings (SSSR count). The Balaban J connectivity index is 4.00. The fourth-order valence-electron chi connectivity index (χ4n) is 5.27. The Labute approximate surface area is 270 Å². The molecule has 6 nitrogen and oxygen atoms in total. The first-order valence-electron chi connectivity index (χ1n) is 18.3. The van der Waals surface area contributed by atoms with Crippen molar-refractivity contribution in [3.8, 4) is 0 Å². The number of ether oxygens (including phenoxy) is 2. The summed E-state index contributed by atoms with van der Waals surface area (Å²) in [6.07, 6.45) is 34.9. The number of allylic oxidation sites excluding steroid dienone is 2. The van der Waals surface area contributed by atoms with E-state index in [1.807, 2.05) is 0 Å². The number of carbonyl (C=O) groups excluding carboxylic acids is 3. The standard InChI is InChI=1S/C38H68O6/c1-4-6-8-22-28-35(40)29-23-18-14-10-12-17-21-27-33-38(42)44-36(30-24-9-7-5-2)31-25-19-15-11-13-16-20-26-32-37(41)43-34(3)39/h18-19,23,25,35-36,40H,4-17,20-22,24,26-33H2,1-3H3/b23-18-,25-19-/t35-,36-/m1/s1. The maximum atomic E-state index is 12.5. The molecule has 2 atom stereocenters. The third-order valence-corrected chi connectivity index (χ3v) is 7.97. The molecule has 0 aliphatic carbocycles. The van der Waals surface area contributed by atoms with Gasteiger partial charge in [-0.25, -0.2) is 0 Å². The zero-order valence-electron chi connectivity index (χ0n) is 28.8. The van der Waals surface area contributed by atoms with E-state index in [0.717, 1.165) is 103 Å². The normalized spacial score (nSPS) is 13.0. The lowest BCUT2D eigenvalue weighted by Crippen LogP contribution is -2.17. The van der Waals surface area contributed by atoms with E-state index in [1.54, 1.807) is 0 Å². The monoisotopic (exact) mass is 621 g/mol. The fraction of sp³-hybridized carbons (Fsp3) is 0.816. The Hall–Kier alpha value is -1.95. The van der Waals surface area contributed by atoms with E-state index < -0.39 is 11.9 Å². The Morgan fingerprint density at radius 3 is 1.61 bits per heavy atom. The van der Waals surface area contributed by atoms with Crippen LogP contribution in [-0.4, -0.2) is 35.2 Å². The summed E-state index contributed by atoms with van der Waals surface area (Å²) >= 11 is 0. The van der Waals surface area contributed by atoms with Gasteiger partial charge in [0.25, 0.3) is 0 Å². The Bertz CT molecular complexity index is 744. The van der Waals surface area contributed by atoms with Crippen LogP contribution in [0.25, 0.3) is 0 Å². The fourth-order valence-corrected chi connectivity index (χ4v) is 5.27. The molecule has 1 N–H and O–H groups in total. The van der Waals surface area contributed by atoms with Gasteiger partial charge in [0.15, 0.2) is 0 Å². The number of aliphatic hydroxyl groups excluding tert-OH is 1.